The van der Waals surface area contributed by atoms with E-state index in [9.17, 15) is 4.79 Å². The standard InChI is InChI=1S/C17H23ClN2O3/c1-22-11-17(6-10-23-12-17)16(21)20-8-4-13(5-9-20)15-14(18)3-2-7-19-15/h2-3,7,13H,4-6,8-12H2,1H3. The number of likely N-dealkylation sites (tertiary alicyclic amines) is 1. The summed E-state index contributed by atoms with van der Waals surface area (Å²) in [6.45, 7) is 3.00. The van der Waals surface area contributed by atoms with Crippen LogP contribution in [-0.4, -0.2) is 55.8 Å². The summed E-state index contributed by atoms with van der Waals surface area (Å²) in [7, 11) is 1.64. The minimum atomic E-state index is -0.496. The number of amides is 1. The Morgan fingerprint density at radius 2 is 2.30 bits per heavy atom. The number of hydrogen-bond acceptors (Lipinski definition) is 4. The van der Waals surface area contributed by atoms with Gasteiger partial charge in [0.05, 0.1) is 29.3 Å². The van der Waals surface area contributed by atoms with Gasteiger partial charge < -0.3 is 14.4 Å². The molecular weight excluding hydrogens is 316 g/mol. The van der Waals surface area contributed by atoms with Crippen molar-refractivity contribution in [3.63, 3.8) is 0 Å². The third-order valence-electron chi connectivity index (χ3n) is 4.93. The summed E-state index contributed by atoms with van der Waals surface area (Å²) >= 11 is 6.25. The second-order valence-corrected chi connectivity index (χ2v) is 6.86. The molecule has 3 heterocycles. The lowest BCUT2D eigenvalue weighted by Crippen LogP contribution is -2.49. The zero-order valence-electron chi connectivity index (χ0n) is 13.5. The average molecular weight is 339 g/mol. The maximum absolute atomic E-state index is 12.9. The SMILES string of the molecule is COCC1(C(=O)N2CCC(c3ncccc3Cl)CC2)CCOC1. The van der Waals surface area contributed by atoms with Crippen LogP contribution in [0, 0.1) is 5.41 Å². The van der Waals surface area contributed by atoms with Crippen LogP contribution < -0.4 is 0 Å². The van der Waals surface area contributed by atoms with Crippen LogP contribution in [0.15, 0.2) is 18.3 Å². The Bertz CT molecular complexity index is 553. The molecule has 2 aliphatic rings. The monoisotopic (exact) mass is 338 g/mol. The van der Waals surface area contributed by atoms with Crippen molar-refractivity contribution < 1.29 is 14.3 Å². The second-order valence-electron chi connectivity index (χ2n) is 6.45. The lowest BCUT2D eigenvalue weighted by molar-refractivity contribution is -0.146. The fourth-order valence-corrected chi connectivity index (χ4v) is 3.89. The van der Waals surface area contributed by atoms with Crippen molar-refractivity contribution in [2.24, 2.45) is 5.41 Å². The summed E-state index contributed by atoms with van der Waals surface area (Å²) in [6.07, 6.45) is 4.31. The predicted octanol–water partition coefficient (Wildman–Crippen LogP) is 2.49. The maximum atomic E-state index is 12.9. The molecule has 1 atom stereocenters. The number of ether oxygens (including phenoxy) is 2. The Hall–Kier alpha value is -1.17. The lowest BCUT2D eigenvalue weighted by Gasteiger charge is -2.37. The van der Waals surface area contributed by atoms with Crippen molar-refractivity contribution in [1.29, 1.82) is 0 Å². The molecule has 0 saturated carbocycles. The number of nitrogens with zero attached hydrogens (tertiary/aromatic N) is 2. The van der Waals surface area contributed by atoms with Crippen molar-refractivity contribution >= 4 is 17.5 Å². The zero-order valence-corrected chi connectivity index (χ0v) is 14.2. The van der Waals surface area contributed by atoms with E-state index in [1.807, 2.05) is 17.0 Å². The molecule has 2 fully saturated rings. The van der Waals surface area contributed by atoms with Gasteiger partial charge in [0.25, 0.3) is 0 Å². The maximum Gasteiger partial charge on any atom is 0.233 e. The molecule has 2 saturated heterocycles. The highest BCUT2D eigenvalue weighted by Crippen LogP contribution is 2.35. The normalized spacial score (nSPS) is 25.7. The lowest BCUT2D eigenvalue weighted by atomic mass is 9.84. The molecule has 0 bridgehead atoms. The Morgan fingerprint density at radius 1 is 1.52 bits per heavy atom. The number of pyridine rings is 1. The Kier molecular flexibility index (Phi) is 5.19. The summed E-state index contributed by atoms with van der Waals surface area (Å²) in [6, 6.07) is 3.73. The highest BCUT2D eigenvalue weighted by Gasteiger charge is 2.45. The van der Waals surface area contributed by atoms with Crippen LogP contribution in [0.2, 0.25) is 5.02 Å². The number of piperidine rings is 1. The van der Waals surface area contributed by atoms with E-state index < -0.39 is 5.41 Å². The number of carbonyl (C=O) groups is 1. The van der Waals surface area contributed by atoms with Crippen LogP contribution in [0.1, 0.15) is 30.9 Å². The fraction of sp³-hybridized carbons (Fsp3) is 0.647. The topological polar surface area (TPSA) is 51.7 Å². The third-order valence-corrected chi connectivity index (χ3v) is 5.25. The van der Waals surface area contributed by atoms with E-state index in [-0.39, 0.29) is 5.91 Å². The quantitative estimate of drug-likeness (QED) is 0.846. The van der Waals surface area contributed by atoms with Crippen molar-refractivity contribution in [3.8, 4) is 0 Å². The number of rotatable bonds is 4. The molecule has 6 heteroatoms. The molecule has 2 aliphatic heterocycles. The van der Waals surface area contributed by atoms with Crippen LogP contribution in [0.25, 0.3) is 0 Å². The van der Waals surface area contributed by atoms with Gasteiger partial charge in [-0.2, -0.15) is 0 Å². The average Bonchev–Trinajstić information content (AvgIpc) is 3.05. The second kappa shape index (κ2) is 7.16. The van der Waals surface area contributed by atoms with Gasteiger partial charge in [-0.05, 0) is 31.4 Å². The van der Waals surface area contributed by atoms with Crippen molar-refractivity contribution in [1.82, 2.24) is 9.88 Å². The van der Waals surface area contributed by atoms with E-state index in [0.29, 0.717) is 25.7 Å². The first-order valence-corrected chi connectivity index (χ1v) is 8.50. The Balaban J connectivity index is 1.64. The molecule has 1 aromatic heterocycles. The number of halogens is 1. The molecule has 0 radical (unpaired) electrons. The Morgan fingerprint density at radius 3 is 2.91 bits per heavy atom. The largest absolute Gasteiger partial charge is 0.383 e. The van der Waals surface area contributed by atoms with E-state index in [4.69, 9.17) is 21.1 Å². The van der Waals surface area contributed by atoms with Gasteiger partial charge in [-0.25, -0.2) is 0 Å². The van der Waals surface area contributed by atoms with Gasteiger partial charge in [-0.15, -0.1) is 0 Å². The molecule has 126 valence electrons. The number of hydrogen-bond donors (Lipinski definition) is 0. The number of aromatic nitrogens is 1. The van der Waals surface area contributed by atoms with E-state index in [2.05, 4.69) is 4.98 Å². The Labute approximate surface area is 141 Å². The first-order valence-electron chi connectivity index (χ1n) is 8.13. The van der Waals surface area contributed by atoms with Crippen molar-refractivity contribution in [3.05, 3.63) is 29.0 Å². The highest BCUT2D eigenvalue weighted by atomic mass is 35.5. The molecule has 1 amide bonds. The smallest absolute Gasteiger partial charge is 0.233 e. The molecule has 0 aromatic carbocycles. The first-order chi connectivity index (χ1) is 11.2. The van der Waals surface area contributed by atoms with Crippen LogP contribution in [-0.2, 0) is 14.3 Å². The van der Waals surface area contributed by atoms with Gasteiger partial charge in [0.15, 0.2) is 0 Å². The summed E-state index contributed by atoms with van der Waals surface area (Å²) in [5.74, 6) is 0.494. The third kappa shape index (κ3) is 3.37. The molecule has 3 rings (SSSR count). The molecule has 1 unspecified atom stereocenters. The van der Waals surface area contributed by atoms with Crippen LogP contribution in [0.4, 0.5) is 0 Å². The van der Waals surface area contributed by atoms with Gasteiger partial charge in [0.2, 0.25) is 5.91 Å². The molecule has 5 nitrogen and oxygen atoms in total. The van der Waals surface area contributed by atoms with Crippen LogP contribution in [0.5, 0.6) is 0 Å². The van der Waals surface area contributed by atoms with Gasteiger partial charge in [0, 0.05) is 38.9 Å². The number of carbonyl (C=O) groups excluding carboxylic acids is 1. The summed E-state index contributed by atoms with van der Waals surface area (Å²) in [4.78, 5) is 19.3. The van der Waals surface area contributed by atoms with E-state index in [1.165, 1.54) is 0 Å². The van der Waals surface area contributed by atoms with Gasteiger partial charge in [-0.1, -0.05) is 11.6 Å². The predicted molar refractivity (Wildman–Crippen MR) is 87.5 cm³/mol. The highest BCUT2D eigenvalue weighted by molar-refractivity contribution is 6.31. The van der Waals surface area contributed by atoms with Crippen LogP contribution in [0.3, 0.4) is 0 Å². The van der Waals surface area contributed by atoms with Crippen molar-refractivity contribution in [2.45, 2.75) is 25.2 Å². The number of methoxy groups -OCH3 is 1. The minimum absolute atomic E-state index is 0.169. The van der Waals surface area contributed by atoms with E-state index in [1.54, 1.807) is 13.3 Å². The molecule has 23 heavy (non-hydrogen) atoms. The summed E-state index contributed by atoms with van der Waals surface area (Å²) < 4.78 is 10.8. The summed E-state index contributed by atoms with van der Waals surface area (Å²) in [5, 5.41) is 0.720. The molecule has 0 aliphatic carbocycles. The molecular formula is C17H23ClN2O3. The fourth-order valence-electron chi connectivity index (χ4n) is 3.62. The van der Waals surface area contributed by atoms with E-state index in [0.717, 1.165) is 43.1 Å². The van der Waals surface area contributed by atoms with Gasteiger partial charge >= 0.3 is 0 Å². The first kappa shape index (κ1) is 16.7. The zero-order chi connectivity index (χ0) is 16.3. The van der Waals surface area contributed by atoms with E-state index >= 15 is 0 Å². The molecule has 0 N–H and O–H groups in total. The van der Waals surface area contributed by atoms with Gasteiger partial charge in [0.1, 0.15) is 0 Å². The molecule has 1 aromatic rings. The van der Waals surface area contributed by atoms with Crippen LogP contribution >= 0.6 is 11.6 Å². The van der Waals surface area contributed by atoms with Gasteiger partial charge in [-0.3, -0.25) is 9.78 Å². The summed E-state index contributed by atoms with van der Waals surface area (Å²) in [5.41, 5.74) is 0.460. The molecule has 0 spiro atoms. The van der Waals surface area contributed by atoms with Crippen molar-refractivity contribution in [2.75, 3.05) is 40.0 Å². The minimum Gasteiger partial charge on any atom is -0.383 e.